The first-order valence-electron chi connectivity index (χ1n) is 28.3. The Labute approximate surface area is 467 Å². The second kappa shape index (κ2) is 17.8. The van der Waals surface area contributed by atoms with E-state index in [0.717, 1.165) is 6.42 Å². The number of thiophene rings is 1. The van der Waals surface area contributed by atoms with Crippen LogP contribution in [0.15, 0.2) is 182 Å². The second-order valence-corrected chi connectivity index (χ2v) is 27.6. The quantitative estimate of drug-likeness (QED) is 0.125. The van der Waals surface area contributed by atoms with Crippen LogP contribution in [0.1, 0.15) is 118 Å². The summed E-state index contributed by atoms with van der Waals surface area (Å²) in [7, 11) is 0. The van der Waals surface area contributed by atoms with Crippen LogP contribution in [-0.4, -0.2) is 6.71 Å². The molecular formula is C74H71BN2S. The molecule has 0 radical (unpaired) electrons. The van der Waals surface area contributed by atoms with E-state index in [9.17, 15) is 0 Å². The van der Waals surface area contributed by atoms with Crippen LogP contribution in [0.2, 0.25) is 0 Å². The fourth-order valence-corrected chi connectivity index (χ4v) is 14.0. The summed E-state index contributed by atoms with van der Waals surface area (Å²) in [6.07, 6.45) is 0.959. The number of rotatable bonds is 5. The normalized spacial score (nSPS) is 13.7. The zero-order chi connectivity index (χ0) is 54.4. The largest absolute Gasteiger partial charge is 0.311 e. The maximum atomic E-state index is 2.65. The van der Waals surface area contributed by atoms with Gasteiger partial charge in [-0.3, -0.25) is 0 Å². The van der Waals surface area contributed by atoms with Crippen molar-refractivity contribution in [2.75, 3.05) is 9.80 Å². The molecule has 0 N–H and O–H groups in total. The van der Waals surface area contributed by atoms with Crippen molar-refractivity contribution in [1.82, 2.24) is 0 Å². The zero-order valence-corrected chi connectivity index (χ0v) is 48.7. The van der Waals surface area contributed by atoms with Gasteiger partial charge in [-0.2, -0.15) is 0 Å². The molecule has 0 saturated heterocycles. The second-order valence-electron chi connectivity index (χ2n) is 26.5. The first-order valence-corrected chi connectivity index (χ1v) is 29.1. The van der Waals surface area contributed by atoms with Gasteiger partial charge in [0.15, 0.2) is 0 Å². The van der Waals surface area contributed by atoms with Crippen LogP contribution >= 0.6 is 11.3 Å². The molecule has 0 aliphatic carbocycles. The first kappa shape index (κ1) is 50.1. The topological polar surface area (TPSA) is 6.48 Å². The molecule has 0 bridgehead atoms. The molecule has 386 valence electrons. The maximum Gasteiger partial charge on any atom is 0.264 e. The molecule has 0 spiro atoms. The van der Waals surface area contributed by atoms with E-state index in [4.69, 9.17) is 0 Å². The molecule has 4 heteroatoms. The summed E-state index contributed by atoms with van der Waals surface area (Å²) in [4.78, 5) is 5.28. The Morgan fingerprint density at radius 1 is 0.385 bits per heavy atom. The van der Waals surface area contributed by atoms with Crippen LogP contribution in [-0.2, 0) is 28.1 Å². The van der Waals surface area contributed by atoms with Crippen LogP contribution in [0.25, 0.3) is 64.7 Å². The van der Waals surface area contributed by atoms with Crippen molar-refractivity contribution in [1.29, 1.82) is 0 Å². The third-order valence-electron chi connectivity index (χ3n) is 17.2. The van der Waals surface area contributed by atoms with E-state index in [0.29, 0.717) is 0 Å². The summed E-state index contributed by atoms with van der Waals surface area (Å²) < 4.78 is 2.72. The smallest absolute Gasteiger partial charge is 0.264 e. The lowest BCUT2D eigenvalue weighted by atomic mass is 9.36. The fraction of sp³-hybridized carbons (Fsp3) is 0.243. The molecule has 2 nitrogen and oxygen atoms in total. The van der Waals surface area contributed by atoms with Crippen molar-refractivity contribution >= 4 is 110 Å². The lowest BCUT2D eigenvalue weighted by Gasteiger charge is -2.43. The zero-order valence-electron chi connectivity index (χ0n) is 47.9. The lowest BCUT2D eigenvalue weighted by molar-refractivity contribution is 0.569. The van der Waals surface area contributed by atoms with Crippen molar-refractivity contribution in [2.45, 2.75) is 118 Å². The van der Waals surface area contributed by atoms with Gasteiger partial charge in [-0.1, -0.05) is 211 Å². The maximum absolute atomic E-state index is 2.65. The van der Waals surface area contributed by atoms with Crippen molar-refractivity contribution < 1.29 is 0 Å². The monoisotopic (exact) mass is 1030 g/mol. The molecule has 2 aliphatic rings. The Morgan fingerprint density at radius 3 is 1.58 bits per heavy atom. The highest BCUT2D eigenvalue weighted by atomic mass is 32.1. The molecule has 78 heavy (non-hydrogen) atoms. The van der Waals surface area contributed by atoms with Gasteiger partial charge in [0.2, 0.25) is 0 Å². The molecule has 10 aromatic carbocycles. The summed E-state index contributed by atoms with van der Waals surface area (Å²) in [5.74, 6) is 0. The van der Waals surface area contributed by atoms with Gasteiger partial charge in [0.25, 0.3) is 6.71 Å². The van der Waals surface area contributed by atoms with Gasteiger partial charge in [-0.15, -0.1) is 11.3 Å². The molecule has 0 fully saturated rings. The van der Waals surface area contributed by atoms with Crippen molar-refractivity contribution in [3.63, 3.8) is 0 Å². The predicted octanol–water partition coefficient (Wildman–Crippen LogP) is 19.5. The number of nitrogens with zero attached hydrogens (tertiary/aromatic N) is 2. The number of anilines is 6. The van der Waals surface area contributed by atoms with Gasteiger partial charge in [-0.05, 0) is 176 Å². The molecule has 11 aromatic rings. The Balaban J connectivity index is 1.09. The van der Waals surface area contributed by atoms with Crippen LogP contribution in [0.4, 0.5) is 34.1 Å². The predicted molar refractivity (Wildman–Crippen MR) is 343 cm³/mol. The van der Waals surface area contributed by atoms with Crippen LogP contribution < -0.4 is 25.5 Å². The number of hydrogen-bond donors (Lipinski definition) is 0. The van der Waals surface area contributed by atoms with Crippen LogP contribution in [0.5, 0.6) is 0 Å². The van der Waals surface area contributed by atoms with Gasteiger partial charge in [0.05, 0.1) is 11.4 Å². The third kappa shape index (κ3) is 8.11. The molecule has 0 unspecified atom stereocenters. The van der Waals surface area contributed by atoms with E-state index < -0.39 is 0 Å². The fourth-order valence-electron chi connectivity index (χ4n) is 12.7. The molecule has 0 saturated carbocycles. The van der Waals surface area contributed by atoms with Gasteiger partial charge in [0.1, 0.15) is 0 Å². The Hall–Kier alpha value is -7.40. The highest BCUT2D eigenvalue weighted by Crippen LogP contribution is 2.51. The molecule has 3 heterocycles. The Kier molecular flexibility index (Phi) is 11.5. The van der Waals surface area contributed by atoms with E-state index in [1.807, 2.05) is 11.3 Å². The number of fused-ring (bicyclic) bond motifs is 12. The summed E-state index contributed by atoms with van der Waals surface area (Å²) in [5.41, 5.74) is 21.7. The third-order valence-corrected chi connectivity index (χ3v) is 18.4. The Bertz CT molecular complexity index is 4190. The van der Waals surface area contributed by atoms with Crippen molar-refractivity contribution in [3.8, 4) is 22.3 Å². The van der Waals surface area contributed by atoms with Crippen LogP contribution in [0, 0.1) is 0 Å². The van der Waals surface area contributed by atoms with Gasteiger partial charge in [0, 0.05) is 43.2 Å². The van der Waals surface area contributed by atoms with E-state index in [1.165, 1.54) is 142 Å². The van der Waals surface area contributed by atoms with Gasteiger partial charge in [-0.25, -0.2) is 0 Å². The highest BCUT2D eigenvalue weighted by molar-refractivity contribution is 7.33. The number of hydrogen-bond acceptors (Lipinski definition) is 3. The average Bonchev–Trinajstić information content (AvgIpc) is 3.82. The average molecular weight is 1030 g/mol. The standard InChI is InChI=1S/C74H71BN2S/c1-14-45-29-34-64-62(37-45)75-68-65(76(69-61-44-50(72(5,6)7)32-36-67(61)78-70(69)75)53-22-19-21-46(40-53)48-38-51(73(8,9)10)42-52(39-48)74(11,12)13)27-20-28-66(68)77(64)63-35-31-49(71(2,3)4)43-59(63)47-30-33-58-56-25-16-15-23-54(56)55-24-17-18-26-57(55)60(58)41-47/h15-44H,14H2,1-13H3. The first-order chi connectivity index (χ1) is 37.2. The highest BCUT2D eigenvalue weighted by Gasteiger charge is 2.46. The lowest BCUT2D eigenvalue weighted by Crippen LogP contribution is -2.60. The number of benzene rings is 10. The van der Waals surface area contributed by atoms with Gasteiger partial charge >= 0.3 is 0 Å². The SMILES string of the molecule is CCc1ccc2c(c1)B1c3sc4ccc(C(C)(C)C)cc4c3N(c3cccc(-c4cc(C(C)(C)C)cc(C(C)(C)C)c4)c3)c3cccc(c31)N2c1ccc(C(C)(C)C)cc1-c1ccc2c3ccccc3c3ccccc3c2c1. The Morgan fingerprint density at radius 2 is 0.949 bits per heavy atom. The van der Waals surface area contributed by atoms with E-state index in [-0.39, 0.29) is 28.4 Å². The van der Waals surface area contributed by atoms with E-state index >= 15 is 0 Å². The molecular weight excluding hydrogens is 960 g/mol. The minimum absolute atomic E-state index is 0.00182. The molecule has 2 aliphatic heterocycles. The van der Waals surface area contributed by atoms with E-state index in [2.05, 4.69) is 282 Å². The molecule has 1 aromatic heterocycles. The summed E-state index contributed by atoms with van der Waals surface area (Å²) in [6.45, 7) is 30.4. The van der Waals surface area contributed by atoms with Crippen LogP contribution in [0.3, 0.4) is 0 Å². The minimum atomic E-state index is -0.0677. The van der Waals surface area contributed by atoms with E-state index in [1.54, 1.807) is 0 Å². The molecule has 0 amide bonds. The summed E-state index contributed by atoms with van der Waals surface area (Å²) in [5, 5.41) is 9.04. The summed E-state index contributed by atoms with van der Waals surface area (Å²) in [6, 6.07) is 70.9. The number of aryl methyl sites for hydroxylation is 1. The molecule has 13 rings (SSSR count). The van der Waals surface area contributed by atoms with Crippen molar-refractivity contribution in [2.24, 2.45) is 0 Å². The summed E-state index contributed by atoms with van der Waals surface area (Å²) >= 11 is 1.99. The van der Waals surface area contributed by atoms with Gasteiger partial charge < -0.3 is 9.80 Å². The molecule has 0 atom stereocenters. The van der Waals surface area contributed by atoms with Crippen molar-refractivity contribution in [3.05, 3.63) is 210 Å². The minimum Gasteiger partial charge on any atom is -0.311 e.